The van der Waals surface area contributed by atoms with Crippen molar-refractivity contribution in [2.45, 2.75) is 13.8 Å². The van der Waals surface area contributed by atoms with Crippen molar-refractivity contribution in [1.29, 1.82) is 0 Å². The molecule has 58 valence electrons. The number of aryl methyl sites for hydroxylation is 1. The Morgan fingerprint density at radius 2 is 2.36 bits per heavy atom. The van der Waals surface area contributed by atoms with Crippen molar-refractivity contribution in [2.75, 3.05) is 5.32 Å². The number of hydrogen-bond acceptors (Lipinski definition) is 3. The highest BCUT2D eigenvalue weighted by molar-refractivity contribution is 5.88. The van der Waals surface area contributed by atoms with Crippen molar-refractivity contribution in [1.82, 2.24) is 10.2 Å². The molecule has 4 nitrogen and oxygen atoms in total. The first-order chi connectivity index (χ1) is 5.20. The fraction of sp³-hybridized carbons (Fsp3) is 0.286. The van der Waals surface area contributed by atoms with Crippen LogP contribution in [0.3, 0.4) is 0 Å². The zero-order chi connectivity index (χ0) is 8.27. The largest absolute Gasteiger partial charge is 0.309 e. The minimum atomic E-state index is -0.131. The molecule has 1 N–H and O–H groups in total. The van der Waals surface area contributed by atoms with Gasteiger partial charge >= 0.3 is 0 Å². The molecule has 0 spiro atoms. The average Bonchev–Trinajstić information content (AvgIpc) is 1.93. The Balaban J connectivity index is 2.86. The van der Waals surface area contributed by atoms with E-state index in [4.69, 9.17) is 0 Å². The van der Waals surface area contributed by atoms with E-state index in [0.717, 1.165) is 5.56 Å². The average molecular weight is 151 g/mol. The van der Waals surface area contributed by atoms with E-state index >= 15 is 0 Å². The lowest BCUT2D eigenvalue weighted by Crippen LogP contribution is -2.09. The fourth-order valence-electron chi connectivity index (χ4n) is 0.684. The van der Waals surface area contributed by atoms with Crippen LogP contribution in [0.4, 0.5) is 5.82 Å². The second-order valence-corrected chi connectivity index (χ2v) is 2.24. The van der Waals surface area contributed by atoms with Crippen LogP contribution >= 0.6 is 0 Å². The van der Waals surface area contributed by atoms with E-state index in [1.165, 1.54) is 6.92 Å². The van der Waals surface area contributed by atoms with Crippen molar-refractivity contribution < 1.29 is 4.79 Å². The van der Waals surface area contributed by atoms with Crippen molar-refractivity contribution in [3.63, 3.8) is 0 Å². The summed E-state index contributed by atoms with van der Waals surface area (Å²) in [6.45, 7) is 3.30. The molecule has 0 radical (unpaired) electrons. The second-order valence-electron chi connectivity index (χ2n) is 2.24. The smallest absolute Gasteiger partial charge is 0.222 e. The molecule has 11 heavy (non-hydrogen) atoms. The molecule has 0 atom stereocenters. The number of rotatable bonds is 1. The lowest BCUT2D eigenvalue weighted by Gasteiger charge is -2.01. The topological polar surface area (TPSA) is 54.9 Å². The monoisotopic (exact) mass is 151 g/mol. The molecule has 0 bridgehead atoms. The zero-order valence-electron chi connectivity index (χ0n) is 6.46. The minimum Gasteiger partial charge on any atom is -0.309 e. The van der Waals surface area contributed by atoms with Crippen LogP contribution in [0.15, 0.2) is 12.3 Å². The quantitative estimate of drug-likeness (QED) is 0.644. The van der Waals surface area contributed by atoms with E-state index in [1.807, 2.05) is 6.92 Å². The van der Waals surface area contributed by atoms with Gasteiger partial charge in [-0.25, -0.2) is 0 Å². The Morgan fingerprint density at radius 3 is 2.91 bits per heavy atom. The van der Waals surface area contributed by atoms with Gasteiger partial charge in [0.25, 0.3) is 0 Å². The fourth-order valence-corrected chi connectivity index (χ4v) is 0.684. The summed E-state index contributed by atoms with van der Waals surface area (Å²) in [6, 6.07) is 1.79. The summed E-state index contributed by atoms with van der Waals surface area (Å²) in [4.78, 5) is 10.6. The number of carbonyl (C=O) groups excluding carboxylic acids is 1. The normalized spacial score (nSPS) is 9.27. The van der Waals surface area contributed by atoms with Crippen LogP contribution < -0.4 is 5.32 Å². The molecule has 1 rings (SSSR count). The zero-order valence-corrected chi connectivity index (χ0v) is 6.46. The highest BCUT2D eigenvalue weighted by Gasteiger charge is 1.99. The van der Waals surface area contributed by atoms with E-state index in [2.05, 4.69) is 15.5 Å². The lowest BCUT2D eigenvalue weighted by molar-refractivity contribution is -0.114. The van der Waals surface area contributed by atoms with Crippen LogP contribution in [0, 0.1) is 6.92 Å². The minimum absolute atomic E-state index is 0.131. The third-order valence-electron chi connectivity index (χ3n) is 1.22. The summed E-state index contributed by atoms with van der Waals surface area (Å²) in [7, 11) is 0. The third-order valence-corrected chi connectivity index (χ3v) is 1.22. The Kier molecular flexibility index (Phi) is 2.15. The summed E-state index contributed by atoms with van der Waals surface area (Å²) in [5.41, 5.74) is 0.912. The molecule has 0 unspecified atom stereocenters. The van der Waals surface area contributed by atoms with Gasteiger partial charge in [0.15, 0.2) is 5.82 Å². The number of amides is 1. The van der Waals surface area contributed by atoms with Crippen molar-refractivity contribution in [2.24, 2.45) is 0 Å². The Labute approximate surface area is 64.6 Å². The summed E-state index contributed by atoms with van der Waals surface area (Å²) in [5, 5.41) is 9.93. The van der Waals surface area contributed by atoms with Gasteiger partial charge in [0.05, 0.1) is 6.20 Å². The van der Waals surface area contributed by atoms with E-state index in [-0.39, 0.29) is 5.91 Å². The Morgan fingerprint density at radius 1 is 1.64 bits per heavy atom. The number of hydrogen-bond donors (Lipinski definition) is 1. The predicted molar refractivity (Wildman–Crippen MR) is 41.1 cm³/mol. The molecule has 0 saturated carbocycles. The molecule has 1 aromatic heterocycles. The van der Waals surface area contributed by atoms with Crippen LogP contribution in [0.2, 0.25) is 0 Å². The van der Waals surface area contributed by atoms with Gasteiger partial charge in [0, 0.05) is 6.92 Å². The van der Waals surface area contributed by atoms with Crippen molar-refractivity contribution in [3.05, 3.63) is 17.8 Å². The molecule has 1 heterocycles. The molecule has 0 aliphatic rings. The maximum atomic E-state index is 10.6. The summed E-state index contributed by atoms with van der Waals surface area (Å²) < 4.78 is 0. The molecule has 0 aliphatic heterocycles. The van der Waals surface area contributed by atoms with Gasteiger partial charge < -0.3 is 5.32 Å². The van der Waals surface area contributed by atoms with E-state index in [0.29, 0.717) is 5.82 Å². The number of nitrogens with one attached hydrogen (secondary N) is 1. The van der Waals surface area contributed by atoms with E-state index in [1.54, 1.807) is 12.3 Å². The Hall–Kier alpha value is -1.45. The van der Waals surface area contributed by atoms with E-state index < -0.39 is 0 Å². The summed E-state index contributed by atoms with van der Waals surface area (Å²) >= 11 is 0. The second kappa shape index (κ2) is 3.09. The molecular weight excluding hydrogens is 142 g/mol. The van der Waals surface area contributed by atoms with Gasteiger partial charge in [-0.1, -0.05) is 0 Å². The highest BCUT2D eigenvalue weighted by Crippen LogP contribution is 2.06. The van der Waals surface area contributed by atoms with Gasteiger partial charge in [0.2, 0.25) is 5.91 Å². The Bertz CT molecular complexity index is 272. The molecule has 1 aromatic rings. The van der Waals surface area contributed by atoms with Crippen molar-refractivity contribution in [3.8, 4) is 0 Å². The highest BCUT2D eigenvalue weighted by atomic mass is 16.1. The number of anilines is 1. The van der Waals surface area contributed by atoms with Gasteiger partial charge in [-0.15, -0.1) is 5.10 Å². The van der Waals surface area contributed by atoms with Crippen LogP contribution in [0.1, 0.15) is 12.5 Å². The van der Waals surface area contributed by atoms with Crippen LogP contribution in [0.25, 0.3) is 0 Å². The van der Waals surface area contributed by atoms with Crippen LogP contribution in [0.5, 0.6) is 0 Å². The van der Waals surface area contributed by atoms with Crippen LogP contribution in [-0.2, 0) is 4.79 Å². The lowest BCUT2D eigenvalue weighted by atomic mass is 10.3. The van der Waals surface area contributed by atoms with Gasteiger partial charge in [-0.2, -0.15) is 5.10 Å². The summed E-state index contributed by atoms with van der Waals surface area (Å²) in [6.07, 6.45) is 1.58. The first-order valence-electron chi connectivity index (χ1n) is 3.26. The number of carbonyl (C=O) groups is 1. The maximum Gasteiger partial charge on any atom is 0.222 e. The third kappa shape index (κ3) is 2.00. The maximum absolute atomic E-state index is 10.6. The van der Waals surface area contributed by atoms with E-state index in [9.17, 15) is 4.79 Å². The SMILES string of the molecule is CC(=O)Nc1nnccc1C. The molecule has 0 saturated heterocycles. The number of nitrogens with zero attached hydrogens (tertiary/aromatic N) is 2. The first-order valence-corrected chi connectivity index (χ1v) is 3.26. The molecular formula is C7H9N3O. The standard InChI is InChI=1S/C7H9N3O/c1-5-3-4-8-10-7(5)9-6(2)11/h3-4H,1-2H3,(H,9,10,11). The molecule has 1 amide bonds. The first kappa shape index (κ1) is 7.65. The van der Waals surface area contributed by atoms with Crippen LogP contribution in [-0.4, -0.2) is 16.1 Å². The predicted octanol–water partition coefficient (Wildman–Crippen LogP) is 0.743. The molecule has 0 aliphatic carbocycles. The molecule has 0 fully saturated rings. The number of aromatic nitrogens is 2. The summed E-state index contributed by atoms with van der Waals surface area (Å²) in [5.74, 6) is 0.397. The van der Waals surface area contributed by atoms with Gasteiger partial charge in [0.1, 0.15) is 0 Å². The molecule has 0 aromatic carbocycles. The van der Waals surface area contributed by atoms with Crippen molar-refractivity contribution >= 4 is 11.7 Å². The van der Waals surface area contributed by atoms with Gasteiger partial charge in [-0.05, 0) is 18.6 Å². The van der Waals surface area contributed by atoms with Gasteiger partial charge in [-0.3, -0.25) is 4.79 Å². The molecule has 4 heteroatoms.